The maximum atomic E-state index is 4.27. The number of hydrogen-bond acceptors (Lipinski definition) is 1. The molecule has 0 saturated heterocycles. The van der Waals surface area contributed by atoms with Crippen LogP contribution in [0.4, 0.5) is 0 Å². The Morgan fingerprint density at radius 3 is 2.12 bits per heavy atom. The Morgan fingerprint density at radius 1 is 1.00 bits per heavy atom. The van der Waals surface area contributed by atoms with E-state index in [1.807, 2.05) is 0 Å². The molecule has 0 fully saturated rings. The van der Waals surface area contributed by atoms with Gasteiger partial charge in [0.2, 0.25) is 0 Å². The summed E-state index contributed by atoms with van der Waals surface area (Å²) in [6, 6.07) is 0. The van der Waals surface area contributed by atoms with E-state index in [9.17, 15) is 0 Å². The normalized spacial score (nSPS) is 3.50. The Morgan fingerprint density at radius 2 is 1.62 bits per heavy atom. The van der Waals surface area contributed by atoms with E-state index in [1.165, 1.54) is 0 Å². The smallest absolute Gasteiger partial charge is 0.0148 e. The predicted molar refractivity (Wildman–Crippen MR) is 35.8 cm³/mol. The predicted octanol–water partition coefficient (Wildman–Crippen LogP) is 1.55. The number of hydrogen-bond donors (Lipinski definition) is 0. The van der Waals surface area contributed by atoms with Gasteiger partial charge in [0.1, 0.15) is 0 Å². The van der Waals surface area contributed by atoms with E-state index < -0.39 is 0 Å². The molecule has 36 valence electrons. The zero-order valence-corrected chi connectivity index (χ0v) is 4.93. The standard InChI is InChI=1S/C7H2S/c1-2-3-4-5-6-7-8/h1H2. The maximum Gasteiger partial charge on any atom is 0.0148 e. The number of thiocarbonyl (C=S) groups is 1. The first-order chi connectivity index (χ1) is 3.91. The molecule has 0 aromatic heterocycles. The van der Waals surface area contributed by atoms with Crippen LogP contribution in [-0.4, -0.2) is 5.02 Å². The Labute approximate surface area is 53.2 Å². The van der Waals surface area contributed by atoms with Crippen molar-refractivity contribution in [2.24, 2.45) is 0 Å². The highest BCUT2D eigenvalue weighted by atomic mass is 32.1. The largest absolute Gasteiger partial charge is 0.0687 e. The molecule has 1 heteroatoms. The van der Waals surface area contributed by atoms with Gasteiger partial charge in [0.05, 0.1) is 0 Å². The molecule has 0 spiro atoms. The van der Waals surface area contributed by atoms with E-state index in [1.54, 1.807) is 0 Å². The van der Waals surface area contributed by atoms with Gasteiger partial charge in [-0.15, -0.1) is 0 Å². The molecule has 0 N–H and O–H groups in total. The van der Waals surface area contributed by atoms with Crippen LogP contribution in [0.2, 0.25) is 0 Å². The average molecular weight is 118 g/mol. The lowest BCUT2D eigenvalue weighted by molar-refractivity contribution is 2.23. The van der Waals surface area contributed by atoms with Crippen molar-refractivity contribution in [3.63, 3.8) is 0 Å². The van der Waals surface area contributed by atoms with E-state index in [2.05, 4.69) is 52.5 Å². The van der Waals surface area contributed by atoms with Crippen LogP contribution in [0, 0.1) is 0 Å². The quantitative estimate of drug-likeness (QED) is 0.343. The molecule has 0 aliphatic carbocycles. The first kappa shape index (κ1) is 6.77. The van der Waals surface area contributed by atoms with Crippen molar-refractivity contribution >= 4 is 17.2 Å². The Balaban J connectivity index is 5.06. The minimum Gasteiger partial charge on any atom is -0.0687 e. The van der Waals surface area contributed by atoms with Gasteiger partial charge in [-0.05, 0) is 30.3 Å². The minimum atomic E-state index is 2.20. The van der Waals surface area contributed by atoms with E-state index >= 15 is 0 Å². The van der Waals surface area contributed by atoms with Gasteiger partial charge in [-0.2, -0.15) is 0 Å². The summed E-state index contributed by atoms with van der Waals surface area (Å²) in [6.07, 6.45) is 0. The van der Waals surface area contributed by atoms with Gasteiger partial charge in [-0.3, -0.25) is 0 Å². The molecule has 0 amide bonds. The highest BCUT2D eigenvalue weighted by Crippen LogP contribution is 1.47. The SMILES string of the molecule is C=C=C=C=C=C=C=S. The van der Waals surface area contributed by atoms with E-state index in [0.29, 0.717) is 0 Å². The molecule has 0 aliphatic rings. The molecule has 0 aromatic carbocycles. The van der Waals surface area contributed by atoms with Crippen molar-refractivity contribution in [1.29, 1.82) is 0 Å². The molecule has 0 unspecified atom stereocenters. The van der Waals surface area contributed by atoms with Gasteiger partial charge in [0.25, 0.3) is 0 Å². The van der Waals surface area contributed by atoms with Gasteiger partial charge < -0.3 is 0 Å². The third kappa shape index (κ3) is 4.77. The second kappa shape index (κ2) is 5.77. The lowest BCUT2D eigenvalue weighted by Crippen LogP contribution is -1.23. The topological polar surface area (TPSA) is 0 Å². The Hall–Kier alpha value is -1.23. The minimum absolute atomic E-state index is 2.20. The second-order valence-electron chi connectivity index (χ2n) is 0.779. The molecule has 0 saturated carbocycles. The zero-order chi connectivity index (χ0) is 6.24. The summed E-state index contributed by atoms with van der Waals surface area (Å²) >= 11 is 4.27. The van der Waals surface area contributed by atoms with Gasteiger partial charge in [0, 0.05) is 16.5 Å². The Bertz CT molecular complexity index is 234. The van der Waals surface area contributed by atoms with Crippen molar-refractivity contribution in [1.82, 2.24) is 0 Å². The third-order valence-corrected chi connectivity index (χ3v) is 0.429. The first-order valence-corrected chi connectivity index (χ1v) is 2.22. The van der Waals surface area contributed by atoms with Crippen molar-refractivity contribution in [3.8, 4) is 0 Å². The van der Waals surface area contributed by atoms with Gasteiger partial charge >= 0.3 is 0 Å². The van der Waals surface area contributed by atoms with Crippen LogP contribution in [0.15, 0.2) is 35.2 Å². The summed E-state index contributed by atoms with van der Waals surface area (Å²) in [6.45, 7) is 3.25. The van der Waals surface area contributed by atoms with Gasteiger partial charge in [-0.25, -0.2) is 0 Å². The second-order valence-corrected chi connectivity index (χ2v) is 0.983. The number of rotatable bonds is 0. The monoisotopic (exact) mass is 118 g/mol. The zero-order valence-electron chi connectivity index (χ0n) is 4.12. The average Bonchev–Trinajstić information content (AvgIpc) is 1.81. The molecule has 0 nitrogen and oxygen atoms in total. The first-order valence-electron chi connectivity index (χ1n) is 1.81. The third-order valence-electron chi connectivity index (χ3n) is 0.327. The lowest BCUT2D eigenvalue weighted by atomic mass is 10.7. The van der Waals surface area contributed by atoms with Crippen LogP contribution >= 0.6 is 12.2 Å². The summed E-state index contributed by atoms with van der Waals surface area (Å²) in [4.78, 5) is 0. The molecule has 0 rings (SSSR count). The van der Waals surface area contributed by atoms with Crippen LogP contribution < -0.4 is 0 Å². The van der Waals surface area contributed by atoms with Crippen LogP contribution in [0.25, 0.3) is 0 Å². The summed E-state index contributed by atoms with van der Waals surface area (Å²) in [7, 11) is 0. The molecule has 0 radical (unpaired) electrons. The molecule has 0 atom stereocenters. The van der Waals surface area contributed by atoms with Crippen LogP contribution in [-0.2, 0) is 0 Å². The van der Waals surface area contributed by atoms with E-state index in [4.69, 9.17) is 0 Å². The molecule has 0 bridgehead atoms. The highest BCUT2D eigenvalue weighted by molar-refractivity contribution is 7.78. The van der Waals surface area contributed by atoms with Crippen molar-refractivity contribution in [3.05, 3.63) is 35.2 Å². The summed E-state index contributed by atoms with van der Waals surface area (Å²) in [5.74, 6) is 0. The van der Waals surface area contributed by atoms with Crippen molar-refractivity contribution < 1.29 is 0 Å². The molecular weight excluding hydrogens is 116 g/mol. The molecule has 0 aliphatic heterocycles. The molecule has 0 heterocycles. The van der Waals surface area contributed by atoms with E-state index in [0.717, 1.165) is 0 Å². The summed E-state index contributed by atoms with van der Waals surface area (Å²) in [5.41, 5.74) is 11.9. The molecule has 0 aromatic rings. The Kier molecular flexibility index (Phi) is 4.88. The molecule has 8 heavy (non-hydrogen) atoms. The fourth-order valence-corrected chi connectivity index (χ4v) is 0.183. The van der Waals surface area contributed by atoms with Crippen LogP contribution in [0.1, 0.15) is 0 Å². The summed E-state index contributed by atoms with van der Waals surface area (Å²) < 4.78 is 0. The fraction of sp³-hybridized carbons (Fsp3) is 0. The fourth-order valence-electron chi connectivity index (χ4n) is 0.132. The highest BCUT2D eigenvalue weighted by Gasteiger charge is 1.33. The van der Waals surface area contributed by atoms with Gasteiger partial charge in [-0.1, -0.05) is 5.73 Å². The van der Waals surface area contributed by atoms with Crippen molar-refractivity contribution in [2.45, 2.75) is 0 Å². The maximum absolute atomic E-state index is 4.27. The summed E-state index contributed by atoms with van der Waals surface area (Å²) in [5, 5.41) is 2.20. The lowest BCUT2D eigenvalue weighted by Gasteiger charge is -1.34. The molecular formula is C7H2S. The van der Waals surface area contributed by atoms with Crippen LogP contribution in [0.5, 0.6) is 0 Å². The van der Waals surface area contributed by atoms with Crippen LogP contribution in [0.3, 0.4) is 0 Å². The van der Waals surface area contributed by atoms with Gasteiger partial charge in [0.15, 0.2) is 0 Å². The van der Waals surface area contributed by atoms with E-state index in [-0.39, 0.29) is 0 Å². The van der Waals surface area contributed by atoms with Crippen molar-refractivity contribution in [2.75, 3.05) is 0 Å².